The van der Waals surface area contributed by atoms with Gasteiger partial charge in [-0.1, -0.05) is 30.3 Å². The molecule has 1 N–H and O–H groups in total. The van der Waals surface area contributed by atoms with E-state index < -0.39 is 0 Å². The van der Waals surface area contributed by atoms with Crippen LogP contribution in [0.3, 0.4) is 0 Å². The fraction of sp³-hybridized carbons (Fsp3) is 0.400. The molecule has 1 aliphatic rings. The summed E-state index contributed by atoms with van der Waals surface area (Å²) in [6, 6.07) is 11.3. The first-order valence-electron chi connectivity index (χ1n) is 6.93. The van der Waals surface area contributed by atoms with E-state index in [9.17, 15) is 0 Å². The fourth-order valence-corrected chi connectivity index (χ4v) is 3.79. The molecule has 0 amide bonds. The SMILES string of the molecule is Brc1csc(NC2CCN(Cc3ccccc3)CC2)n1. The van der Waals surface area contributed by atoms with Crippen LogP contribution in [-0.4, -0.2) is 29.0 Å². The highest BCUT2D eigenvalue weighted by Crippen LogP contribution is 2.23. The summed E-state index contributed by atoms with van der Waals surface area (Å²) < 4.78 is 0.923. The molecule has 2 heterocycles. The Morgan fingerprint density at radius 2 is 2.00 bits per heavy atom. The number of aromatic nitrogens is 1. The number of thiazole rings is 1. The van der Waals surface area contributed by atoms with Crippen molar-refractivity contribution >= 4 is 32.4 Å². The van der Waals surface area contributed by atoms with Gasteiger partial charge in [-0.2, -0.15) is 0 Å². The number of hydrogen-bond donors (Lipinski definition) is 1. The molecular formula is C15H18BrN3S. The van der Waals surface area contributed by atoms with E-state index in [0.29, 0.717) is 6.04 Å². The molecule has 0 bridgehead atoms. The lowest BCUT2D eigenvalue weighted by Gasteiger charge is -2.32. The van der Waals surface area contributed by atoms with Gasteiger partial charge in [-0.25, -0.2) is 4.98 Å². The highest BCUT2D eigenvalue weighted by Gasteiger charge is 2.19. The Balaban J connectivity index is 1.47. The van der Waals surface area contributed by atoms with Crippen LogP contribution in [0.1, 0.15) is 18.4 Å². The maximum absolute atomic E-state index is 4.40. The lowest BCUT2D eigenvalue weighted by atomic mass is 10.0. The summed E-state index contributed by atoms with van der Waals surface area (Å²) in [6.45, 7) is 3.37. The van der Waals surface area contributed by atoms with Crippen molar-refractivity contribution in [1.29, 1.82) is 0 Å². The summed E-state index contributed by atoms with van der Waals surface area (Å²) in [6.07, 6.45) is 2.37. The van der Waals surface area contributed by atoms with Gasteiger partial charge in [-0.05, 0) is 34.3 Å². The molecular weight excluding hydrogens is 334 g/mol. The van der Waals surface area contributed by atoms with Crippen molar-refractivity contribution in [3.05, 3.63) is 45.9 Å². The number of nitrogens with zero attached hydrogens (tertiary/aromatic N) is 2. The monoisotopic (exact) mass is 351 g/mol. The third kappa shape index (κ3) is 3.81. The summed E-state index contributed by atoms with van der Waals surface area (Å²) in [4.78, 5) is 6.94. The standard InChI is InChI=1S/C15H18BrN3S/c16-14-11-20-15(18-14)17-13-6-8-19(9-7-13)10-12-4-2-1-3-5-12/h1-5,11,13H,6-10H2,(H,17,18). The van der Waals surface area contributed by atoms with Gasteiger partial charge in [-0.15, -0.1) is 11.3 Å². The molecule has 1 saturated heterocycles. The number of rotatable bonds is 4. The zero-order valence-electron chi connectivity index (χ0n) is 11.3. The number of likely N-dealkylation sites (tertiary alicyclic amines) is 1. The number of piperidine rings is 1. The summed E-state index contributed by atoms with van der Waals surface area (Å²) in [5.74, 6) is 0. The van der Waals surface area contributed by atoms with Crippen LogP contribution < -0.4 is 5.32 Å². The average Bonchev–Trinajstić information content (AvgIpc) is 2.88. The van der Waals surface area contributed by atoms with Gasteiger partial charge in [0.2, 0.25) is 0 Å². The zero-order valence-corrected chi connectivity index (χ0v) is 13.7. The minimum absolute atomic E-state index is 0.556. The molecule has 106 valence electrons. The zero-order chi connectivity index (χ0) is 13.8. The number of benzene rings is 1. The lowest BCUT2D eigenvalue weighted by Crippen LogP contribution is -2.38. The Morgan fingerprint density at radius 1 is 1.25 bits per heavy atom. The predicted octanol–water partition coefficient (Wildman–Crippen LogP) is 3.98. The minimum Gasteiger partial charge on any atom is -0.359 e. The van der Waals surface area contributed by atoms with Crippen LogP contribution in [-0.2, 0) is 6.54 Å². The summed E-state index contributed by atoms with van der Waals surface area (Å²) in [5, 5.41) is 6.58. The maximum Gasteiger partial charge on any atom is 0.183 e. The first kappa shape index (κ1) is 14.0. The van der Waals surface area contributed by atoms with Gasteiger partial charge in [0, 0.05) is 31.1 Å². The van der Waals surface area contributed by atoms with Crippen molar-refractivity contribution in [3.63, 3.8) is 0 Å². The van der Waals surface area contributed by atoms with Gasteiger partial charge in [-0.3, -0.25) is 4.90 Å². The second kappa shape index (κ2) is 6.70. The highest BCUT2D eigenvalue weighted by atomic mass is 79.9. The van der Waals surface area contributed by atoms with Gasteiger partial charge < -0.3 is 5.32 Å². The van der Waals surface area contributed by atoms with Crippen LogP contribution >= 0.6 is 27.3 Å². The normalized spacial score (nSPS) is 17.2. The van der Waals surface area contributed by atoms with Gasteiger partial charge in [0.25, 0.3) is 0 Å². The number of anilines is 1. The quantitative estimate of drug-likeness (QED) is 0.902. The Labute approximate surface area is 132 Å². The number of hydrogen-bond acceptors (Lipinski definition) is 4. The Hall–Kier alpha value is -0.910. The van der Waals surface area contributed by atoms with Crippen molar-refractivity contribution in [2.75, 3.05) is 18.4 Å². The van der Waals surface area contributed by atoms with E-state index in [1.165, 1.54) is 18.4 Å². The molecule has 0 saturated carbocycles. The van der Waals surface area contributed by atoms with Crippen LogP contribution in [0, 0.1) is 0 Å². The molecule has 1 aromatic heterocycles. The molecule has 20 heavy (non-hydrogen) atoms. The number of halogens is 1. The van der Waals surface area contributed by atoms with Crippen LogP contribution in [0.2, 0.25) is 0 Å². The molecule has 1 aliphatic heterocycles. The van der Waals surface area contributed by atoms with E-state index in [-0.39, 0.29) is 0 Å². The van der Waals surface area contributed by atoms with Crippen molar-refractivity contribution < 1.29 is 0 Å². The summed E-state index contributed by atoms with van der Waals surface area (Å²) in [7, 11) is 0. The molecule has 5 heteroatoms. The predicted molar refractivity (Wildman–Crippen MR) is 88.2 cm³/mol. The van der Waals surface area contributed by atoms with E-state index in [4.69, 9.17) is 0 Å². The van der Waals surface area contributed by atoms with Gasteiger partial charge in [0.15, 0.2) is 5.13 Å². The third-order valence-electron chi connectivity index (χ3n) is 3.64. The minimum atomic E-state index is 0.556. The molecule has 1 aromatic carbocycles. The largest absolute Gasteiger partial charge is 0.359 e. The van der Waals surface area contributed by atoms with Gasteiger partial charge in [0.1, 0.15) is 4.60 Å². The van der Waals surface area contributed by atoms with Crippen molar-refractivity contribution in [3.8, 4) is 0 Å². The fourth-order valence-electron chi connectivity index (χ4n) is 2.57. The van der Waals surface area contributed by atoms with Crippen molar-refractivity contribution in [2.24, 2.45) is 0 Å². The van der Waals surface area contributed by atoms with E-state index in [2.05, 4.69) is 61.5 Å². The lowest BCUT2D eigenvalue weighted by molar-refractivity contribution is 0.211. The van der Waals surface area contributed by atoms with Gasteiger partial charge in [0.05, 0.1) is 0 Å². The molecule has 0 atom stereocenters. The van der Waals surface area contributed by atoms with Crippen LogP contribution in [0.5, 0.6) is 0 Å². The van der Waals surface area contributed by atoms with E-state index in [1.807, 2.05) is 5.38 Å². The summed E-state index contributed by atoms with van der Waals surface area (Å²) >= 11 is 5.06. The van der Waals surface area contributed by atoms with Crippen LogP contribution in [0.15, 0.2) is 40.3 Å². The molecule has 3 rings (SSSR count). The smallest absolute Gasteiger partial charge is 0.183 e. The molecule has 0 aliphatic carbocycles. The van der Waals surface area contributed by atoms with Crippen molar-refractivity contribution in [1.82, 2.24) is 9.88 Å². The van der Waals surface area contributed by atoms with E-state index in [0.717, 1.165) is 29.4 Å². The first-order chi connectivity index (χ1) is 9.79. The Bertz CT molecular complexity index is 535. The molecule has 3 nitrogen and oxygen atoms in total. The average molecular weight is 352 g/mol. The molecule has 2 aromatic rings. The van der Waals surface area contributed by atoms with Crippen molar-refractivity contribution in [2.45, 2.75) is 25.4 Å². The third-order valence-corrected chi connectivity index (χ3v) is 5.12. The number of nitrogens with one attached hydrogen (secondary N) is 1. The van der Waals surface area contributed by atoms with Crippen LogP contribution in [0.25, 0.3) is 0 Å². The second-order valence-electron chi connectivity index (χ2n) is 5.16. The molecule has 0 spiro atoms. The Kier molecular flexibility index (Phi) is 4.70. The van der Waals surface area contributed by atoms with Gasteiger partial charge >= 0.3 is 0 Å². The molecule has 1 fully saturated rings. The highest BCUT2D eigenvalue weighted by molar-refractivity contribution is 9.10. The van der Waals surface area contributed by atoms with Crippen LogP contribution in [0.4, 0.5) is 5.13 Å². The Morgan fingerprint density at radius 3 is 2.65 bits per heavy atom. The molecule has 0 unspecified atom stereocenters. The van der Waals surface area contributed by atoms with E-state index >= 15 is 0 Å². The second-order valence-corrected chi connectivity index (χ2v) is 6.83. The topological polar surface area (TPSA) is 28.2 Å². The maximum atomic E-state index is 4.40. The first-order valence-corrected chi connectivity index (χ1v) is 8.61. The summed E-state index contributed by atoms with van der Waals surface area (Å²) in [5.41, 5.74) is 1.41. The molecule has 0 radical (unpaired) electrons. The van der Waals surface area contributed by atoms with E-state index in [1.54, 1.807) is 11.3 Å².